The van der Waals surface area contributed by atoms with E-state index in [9.17, 15) is 17.6 Å². The van der Waals surface area contributed by atoms with Crippen LogP contribution in [0.1, 0.15) is 29.7 Å². The van der Waals surface area contributed by atoms with Gasteiger partial charge in [-0.3, -0.25) is 0 Å². The lowest BCUT2D eigenvalue weighted by Crippen LogP contribution is -2.11. The second kappa shape index (κ2) is 5.76. The highest BCUT2D eigenvalue weighted by molar-refractivity contribution is 5.50. The van der Waals surface area contributed by atoms with Gasteiger partial charge in [-0.25, -0.2) is 4.39 Å². The Labute approximate surface area is 120 Å². The number of hydrogen-bond donors (Lipinski definition) is 1. The predicted molar refractivity (Wildman–Crippen MR) is 74.6 cm³/mol. The van der Waals surface area contributed by atoms with Crippen LogP contribution in [0.3, 0.4) is 0 Å². The molecule has 112 valence electrons. The van der Waals surface area contributed by atoms with E-state index in [1.807, 2.05) is 31.2 Å². The van der Waals surface area contributed by atoms with Crippen molar-refractivity contribution >= 4 is 5.69 Å². The Morgan fingerprint density at radius 2 is 1.71 bits per heavy atom. The lowest BCUT2D eigenvalue weighted by atomic mass is 10.0. The van der Waals surface area contributed by atoms with Crippen LogP contribution in [0.15, 0.2) is 42.5 Å². The van der Waals surface area contributed by atoms with Gasteiger partial charge in [-0.15, -0.1) is 0 Å². The maximum absolute atomic E-state index is 13.7. The quantitative estimate of drug-likeness (QED) is 0.755. The van der Waals surface area contributed by atoms with Crippen LogP contribution < -0.4 is 5.32 Å². The van der Waals surface area contributed by atoms with Crippen molar-refractivity contribution in [3.05, 3.63) is 65.0 Å². The SMILES string of the molecule is Cc1ccccc1C(C)Nc1cc(C(F)(F)F)ccc1F. The van der Waals surface area contributed by atoms with Crippen LogP contribution in [0.4, 0.5) is 23.2 Å². The summed E-state index contributed by atoms with van der Waals surface area (Å²) in [6.07, 6.45) is -4.49. The van der Waals surface area contributed by atoms with Crippen LogP contribution >= 0.6 is 0 Å². The van der Waals surface area contributed by atoms with Crippen molar-refractivity contribution in [2.24, 2.45) is 0 Å². The average molecular weight is 297 g/mol. The largest absolute Gasteiger partial charge is 0.416 e. The molecule has 0 aliphatic carbocycles. The molecule has 1 N–H and O–H groups in total. The molecule has 0 spiro atoms. The zero-order chi connectivity index (χ0) is 15.6. The van der Waals surface area contributed by atoms with Crippen LogP contribution in [-0.2, 0) is 6.18 Å². The fourth-order valence-corrected chi connectivity index (χ4v) is 2.20. The van der Waals surface area contributed by atoms with Crippen molar-refractivity contribution in [3.8, 4) is 0 Å². The molecule has 0 bridgehead atoms. The zero-order valence-corrected chi connectivity index (χ0v) is 11.6. The van der Waals surface area contributed by atoms with E-state index in [2.05, 4.69) is 5.32 Å². The maximum atomic E-state index is 13.7. The van der Waals surface area contributed by atoms with Gasteiger partial charge >= 0.3 is 6.18 Å². The number of alkyl halides is 3. The van der Waals surface area contributed by atoms with Gasteiger partial charge < -0.3 is 5.32 Å². The van der Waals surface area contributed by atoms with Crippen LogP contribution in [0.2, 0.25) is 0 Å². The predicted octanol–water partition coefficient (Wildman–Crippen LogP) is 5.33. The Hall–Kier alpha value is -2.04. The van der Waals surface area contributed by atoms with E-state index in [4.69, 9.17) is 0 Å². The first-order valence-electron chi connectivity index (χ1n) is 6.48. The van der Waals surface area contributed by atoms with Crippen LogP contribution in [0, 0.1) is 12.7 Å². The van der Waals surface area contributed by atoms with Crippen molar-refractivity contribution in [1.82, 2.24) is 0 Å². The van der Waals surface area contributed by atoms with E-state index in [1.54, 1.807) is 6.92 Å². The monoisotopic (exact) mass is 297 g/mol. The smallest absolute Gasteiger partial charge is 0.376 e. The first-order chi connectivity index (χ1) is 9.79. The first-order valence-corrected chi connectivity index (χ1v) is 6.48. The van der Waals surface area contributed by atoms with Crippen molar-refractivity contribution in [1.29, 1.82) is 0 Å². The van der Waals surface area contributed by atoms with Crippen LogP contribution in [0.25, 0.3) is 0 Å². The molecule has 2 rings (SSSR count). The molecule has 1 unspecified atom stereocenters. The molecular weight excluding hydrogens is 282 g/mol. The summed E-state index contributed by atoms with van der Waals surface area (Å²) in [4.78, 5) is 0. The number of aryl methyl sites for hydroxylation is 1. The summed E-state index contributed by atoms with van der Waals surface area (Å²) in [6, 6.07) is 9.52. The molecule has 0 fully saturated rings. The molecule has 2 aromatic rings. The molecule has 0 aliphatic rings. The van der Waals surface area contributed by atoms with E-state index in [0.29, 0.717) is 0 Å². The van der Waals surface area contributed by atoms with Gasteiger partial charge in [0.15, 0.2) is 0 Å². The third-order valence-electron chi connectivity index (χ3n) is 3.32. The van der Waals surface area contributed by atoms with Crippen molar-refractivity contribution in [2.45, 2.75) is 26.1 Å². The summed E-state index contributed by atoms with van der Waals surface area (Å²) in [7, 11) is 0. The van der Waals surface area contributed by atoms with E-state index < -0.39 is 17.6 Å². The van der Waals surface area contributed by atoms with Crippen LogP contribution in [-0.4, -0.2) is 0 Å². The van der Waals surface area contributed by atoms with Crippen LogP contribution in [0.5, 0.6) is 0 Å². The fourth-order valence-electron chi connectivity index (χ4n) is 2.20. The molecule has 2 aromatic carbocycles. The summed E-state index contributed by atoms with van der Waals surface area (Å²) < 4.78 is 51.7. The molecule has 1 nitrogen and oxygen atoms in total. The molecule has 0 aliphatic heterocycles. The van der Waals surface area contributed by atoms with Gasteiger partial charge in [0.1, 0.15) is 5.82 Å². The minimum atomic E-state index is -4.49. The molecular formula is C16H15F4N. The summed E-state index contributed by atoms with van der Waals surface area (Å²) in [5.41, 5.74) is 0.878. The minimum Gasteiger partial charge on any atom is -0.376 e. The summed E-state index contributed by atoms with van der Waals surface area (Å²) in [5.74, 6) is -0.705. The van der Waals surface area contributed by atoms with E-state index >= 15 is 0 Å². The van der Waals surface area contributed by atoms with Crippen molar-refractivity contribution in [3.63, 3.8) is 0 Å². The van der Waals surface area contributed by atoms with Gasteiger partial charge in [0.2, 0.25) is 0 Å². The average Bonchev–Trinajstić information content (AvgIpc) is 2.40. The lowest BCUT2D eigenvalue weighted by molar-refractivity contribution is -0.137. The molecule has 0 saturated carbocycles. The van der Waals surface area contributed by atoms with Gasteiger partial charge in [-0.2, -0.15) is 13.2 Å². The Kier molecular flexibility index (Phi) is 4.21. The van der Waals surface area contributed by atoms with Gasteiger partial charge in [-0.1, -0.05) is 24.3 Å². The third kappa shape index (κ3) is 3.54. The molecule has 0 saturated heterocycles. The molecule has 0 radical (unpaired) electrons. The normalized spacial score (nSPS) is 13.0. The second-order valence-electron chi connectivity index (χ2n) is 4.91. The van der Waals surface area contributed by atoms with E-state index in [0.717, 1.165) is 29.3 Å². The van der Waals surface area contributed by atoms with Gasteiger partial charge in [-0.05, 0) is 43.2 Å². The van der Waals surface area contributed by atoms with E-state index in [-0.39, 0.29) is 11.7 Å². The van der Waals surface area contributed by atoms with Gasteiger partial charge in [0.05, 0.1) is 11.3 Å². The molecule has 5 heteroatoms. The molecule has 0 heterocycles. The number of rotatable bonds is 3. The topological polar surface area (TPSA) is 12.0 Å². The number of anilines is 1. The van der Waals surface area contributed by atoms with Gasteiger partial charge in [0, 0.05) is 6.04 Å². The van der Waals surface area contributed by atoms with Crippen molar-refractivity contribution < 1.29 is 17.6 Å². The van der Waals surface area contributed by atoms with E-state index in [1.165, 1.54) is 0 Å². The number of hydrogen-bond acceptors (Lipinski definition) is 1. The number of halogens is 4. The minimum absolute atomic E-state index is 0.152. The Morgan fingerprint density at radius 1 is 1.05 bits per heavy atom. The highest BCUT2D eigenvalue weighted by Crippen LogP contribution is 2.33. The first kappa shape index (κ1) is 15.4. The Morgan fingerprint density at radius 3 is 2.33 bits per heavy atom. The zero-order valence-electron chi connectivity index (χ0n) is 11.6. The second-order valence-corrected chi connectivity index (χ2v) is 4.91. The maximum Gasteiger partial charge on any atom is 0.416 e. The summed E-state index contributed by atoms with van der Waals surface area (Å²) in [5, 5.41) is 2.80. The number of nitrogens with one attached hydrogen (secondary N) is 1. The standard InChI is InChI=1S/C16H15F4N/c1-10-5-3-4-6-13(10)11(2)21-15-9-12(16(18,19)20)7-8-14(15)17/h3-9,11,21H,1-2H3. The van der Waals surface area contributed by atoms with Crippen molar-refractivity contribution in [2.75, 3.05) is 5.32 Å². The summed E-state index contributed by atoms with van der Waals surface area (Å²) in [6.45, 7) is 3.68. The van der Waals surface area contributed by atoms with Gasteiger partial charge in [0.25, 0.3) is 0 Å². The fraction of sp³-hybridized carbons (Fsp3) is 0.250. The summed E-state index contributed by atoms with van der Waals surface area (Å²) >= 11 is 0. The lowest BCUT2D eigenvalue weighted by Gasteiger charge is -2.19. The Bertz CT molecular complexity index is 634. The Balaban J connectivity index is 2.29. The molecule has 1 atom stereocenters. The highest BCUT2D eigenvalue weighted by atomic mass is 19.4. The highest BCUT2D eigenvalue weighted by Gasteiger charge is 2.31. The molecule has 0 aromatic heterocycles. The molecule has 21 heavy (non-hydrogen) atoms. The third-order valence-corrected chi connectivity index (χ3v) is 3.32. The molecule has 0 amide bonds. The number of benzene rings is 2.